The van der Waals surface area contributed by atoms with Crippen LogP contribution < -0.4 is 20.7 Å². The predicted molar refractivity (Wildman–Crippen MR) is 147 cm³/mol. The number of esters is 1. The van der Waals surface area contributed by atoms with Gasteiger partial charge >= 0.3 is 12.0 Å². The minimum absolute atomic E-state index is 0.0139. The second-order valence-electron chi connectivity index (χ2n) is 9.69. The van der Waals surface area contributed by atoms with Crippen LogP contribution in [0.15, 0.2) is 6.07 Å². The third-order valence-corrected chi connectivity index (χ3v) is 8.01. The molecule has 1 aromatic rings. The first-order chi connectivity index (χ1) is 20.8. The number of amides is 3. The number of thioether (sulfide) groups is 1. The fraction of sp³-hybridized carbons (Fsp3) is 0.667. The third-order valence-electron chi connectivity index (χ3n) is 6.50. The Labute approximate surface area is 251 Å². The highest BCUT2D eigenvalue weighted by atomic mass is 32.2. The molecule has 3 N–H and O–H groups in total. The van der Waals surface area contributed by atoms with Crippen LogP contribution in [0.1, 0.15) is 32.1 Å². The van der Waals surface area contributed by atoms with Crippen molar-refractivity contribution in [1.82, 2.24) is 16.0 Å². The van der Waals surface area contributed by atoms with Gasteiger partial charge in [-0.2, -0.15) is 20.5 Å². The van der Waals surface area contributed by atoms with Gasteiger partial charge in [0.15, 0.2) is 11.6 Å². The van der Waals surface area contributed by atoms with Gasteiger partial charge in [0, 0.05) is 30.0 Å². The molecule has 11 nitrogen and oxygen atoms in total. The average Bonchev–Trinajstić information content (AvgIpc) is 3.53. The molecule has 0 aliphatic carbocycles. The van der Waals surface area contributed by atoms with E-state index in [0.29, 0.717) is 44.6 Å². The topological polar surface area (TPSA) is 133 Å². The second kappa shape index (κ2) is 18.9. The van der Waals surface area contributed by atoms with Crippen LogP contribution in [0.3, 0.4) is 0 Å². The van der Waals surface area contributed by atoms with Gasteiger partial charge in [-0.25, -0.2) is 13.6 Å². The Morgan fingerprint density at radius 3 is 2.09 bits per heavy atom. The van der Waals surface area contributed by atoms with E-state index in [4.69, 9.17) is 18.9 Å². The van der Waals surface area contributed by atoms with Gasteiger partial charge in [0.05, 0.1) is 71.4 Å². The summed E-state index contributed by atoms with van der Waals surface area (Å²) in [5.41, 5.74) is 0. The molecule has 0 aromatic heterocycles. The third kappa shape index (κ3) is 12.1. The molecule has 0 radical (unpaired) electrons. The molecule has 16 heteroatoms. The van der Waals surface area contributed by atoms with Crippen LogP contribution in [0.5, 0.6) is 5.75 Å². The van der Waals surface area contributed by atoms with E-state index >= 15 is 0 Å². The van der Waals surface area contributed by atoms with Crippen LogP contribution >= 0.6 is 11.8 Å². The van der Waals surface area contributed by atoms with E-state index in [0.717, 1.165) is 25.0 Å². The van der Waals surface area contributed by atoms with E-state index in [1.54, 1.807) is 0 Å². The SMILES string of the molecule is O=C(CCCC[C@@H]1SC[C@@H]2NC(=O)N[C@H]21)NCCOCCOCCOCCOCCC(=O)Oc1c(F)c(F)cc(F)c1F. The summed E-state index contributed by atoms with van der Waals surface area (Å²) in [7, 11) is 0. The van der Waals surface area contributed by atoms with E-state index in [1.807, 2.05) is 11.8 Å². The molecule has 242 valence electrons. The number of hydrogen-bond donors (Lipinski definition) is 3. The van der Waals surface area contributed by atoms with Crippen molar-refractivity contribution in [1.29, 1.82) is 0 Å². The lowest BCUT2D eigenvalue weighted by atomic mass is 10.0. The van der Waals surface area contributed by atoms with Crippen LogP contribution in [0.4, 0.5) is 22.4 Å². The first kappa shape index (κ1) is 34.8. The van der Waals surface area contributed by atoms with Crippen molar-refractivity contribution in [2.75, 3.05) is 65.2 Å². The van der Waals surface area contributed by atoms with Gasteiger partial charge in [-0.15, -0.1) is 0 Å². The van der Waals surface area contributed by atoms with Gasteiger partial charge in [0.2, 0.25) is 23.3 Å². The molecular formula is C27H37F4N3O8S. The Kier molecular flexibility index (Phi) is 15.3. The van der Waals surface area contributed by atoms with Crippen LogP contribution in [0, 0.1) is 23.3 Å². The average molecular weight is 640 g/mol. The van der Waals surface area contributed by atoms with Crippen molar-refractivity contribution in [3.05, 3.63) is 29.3 Å². The van der Waals surface area contributed by atoms with Crippen LogP contribution in [-0.4, -0.2) is 100 Å². The highest BCUT2D eigenvalue weighted by Gasteiger charge is 2.42. The number of carbonyl (C=O) groups excluding carboxylic acids is 3. The van der Waals surface area contributed by atoms with Gasteiger partial charge in [-0.05, 0) is 12.8 Å². The Balaban J connectivity index is 1.04. The Morgan fingerprint density at radius 2 is 1.44 bits per heavy atom. The van der Waals surface area contributed by atoms with Crippen molar-refractivity contribution in [3.63, 3.8) is 0 Å². The van der Waals surface area contributed by atoms with Crippen LogP contribution in [0.2, 0.25) is 0 Å². The predicted octanol–water partition coefficient (Wildman–Crippen LogP) is 2.45. The van der Waals surface area contributed by atoms with E-state index in [9.17, 15) is 31.9 Å². The second-order valence-corrected chi connectivity index (χ2v) is 11.0. The number of benzene rings is 1. The van der Waals surface area contributed by atoms with Gasteiger partial charge in [0.1, 0.15) is 0 Å². The molecular weight excluding hydrogens is 602 g/mol. The zero-order valence-corrected chi connectivity index (χ0v) is 24.4. The van der Waals surface area contributed by atoms with E-state index in [1.165, 1.54) is 0 Å². The van der Waals surface area contributed by atoms with Crippen molar-refractivity contribution in [3.8, 4) is 5.75 Å². The minimum atomic E-state index is -1.80. The number of urea groups is 1. The molecule has 3 amide bonds. The normalized spacial score (nSPS) is 19.2. The van der Waals surface area contributed by atoms with E-state index in [2.05, 4.69) is 20.7 Å². The molecule has 2 aliphatic heterocycles. The lowest BCUT2D eigenvalue weighted by molar-refractivity contribution is -0.136. The Hall–Kier alpha value is -2.66. The maximum Gasteiger partial charge on any atom is 0.315 e. The molecule has 0 bridgehead atoms. The smallest absolute Gasteiger partial charge is 0.315 e. The molecule has 2 fully saturated rings. The molecule has 0 unspecified atom stereocenters. The van der Waals surface area contributed by atoms with E-state index in [-0.39, 0.29) is 56.5 Å². The first-order valence-corrected chi connectivity index (χ1v) is 15.1. The fourth-order valence-corrected chi connectivity index (χ4v) is 5.89. The minimum Gasteiger partial charge on any atom is -0.420 e. The molecule has 3 atom stereocenters. The molecule has 0 saturated carbocycles. The number of fused-ring (bicyclic) bond motifs is 1. The summed E-state index contributed by atoms with van der Waals surface area (Å²) >= 11 is 1.87. The molecule has 1 aromatic carbocycles. The molecule has 2 saturated heterocycles. The van der Waals surface area contributed by atoms with Gasteiger partial charge < -0.3 is 39.6 Å². The fourth-order valence-electron chi connectivity index (χ4n) is 4.35. The van der Waals surface area contributed by atoms with Crippen molar-refractivity contribution < 1.29 is 55.6 Å². The molecule has 3 rings (SSSR count). The number of rotatable bonds is 21. The zero-order valence-electron chi connectivity index (χ0n) is 23.6. The molecule has 2 aliphatic rings. The van der Waals surface area contributed by atoms with Gasteiger partial charge in [0.25, 0.3) is 0 Å². The summed E-state index contributed by atoms with van der Waals surface area (Å²) in [5.74, 6) is -8.58. The zero-order chi connectivity index (χ0) is 31.0. The van der Waals surface area contributed by atoms with E-state index < -0.39 is 41.4 Å². The highest BCUT2D eigenvalue weighted by Crippen LogP contribution is 2.33. The largest absolute Gasteiger partial charge is 0.420 e. The number of ether oxygens (including phenoxy) is 5. The number of hydrogen-bond acceptors (Lipinski definition) is 9. The molecule has 0 spiro atoms. The first-order valence-electron chi connectivity index (χ1n) is 14.1. The van der Waals surface area contributed by atoms with Crippen LogP contribution in [-0.2, 0) is 28.5 Å². The summed E-state index contributed by atoms with van der Waals surface area (Å²) in [6.45, 7) is 2.26. The molecule has 2 heterocycles. The summed E-state index contributed by atoms with van der Waals surface area (Å²) < 4.78 is 78.9. The van der Waals surface area contributed by atoms with Gasteiger partial charge in [-0.3, -0.25) is 9.59 Å². The number of unbranched alkanes of at least 4 members (excludes halogenated alkanes) is 1. The lowest BCUT2D eigenvalue weighted by Gasteiger charge is -2.16. The van der Waals surface area contributed by atoms with Crippen molar-refractivity contribution >= 4 is 29.7 Å². The van der Waals surface area contributed by atoms with Crippen LogP contribution in [0.25, 0.3) is 0 Å². The van der Waals surface area contributed by atoms with Gasteiger partial charge in [-0.1, -0.05) is 6.42 Å². The summed E-state index contributed by atoms with van der Waals surface area (Å²) in [5, 5.41) is 9.12. The number of halogens is 4. The molecule has 43 heavy (non-hydrogen) atoms. The number of carbonyl (C=O) groups is 3. The van der Waals surface area contributed by atoms with Crippen molar-refractivity contribution in [2.24, 2.45) is 0 Å². The summed E-state index contributed by atoms with van der Waals surface area (Å²) in [4.78, 5) is 35.0. The summed E-state index contributed by atoms with van der Waals surface area (Å²) in [6, 6.07) is 0.331. The quantitative estimate of drug-likeness (QED) is 0.0463. The van der Waals surface area contributed by atoms with Crippen molar-refractivity contribution in [2.45, 2.75) is 49.4 Å². The Morgan fingerprint density at radius 1 is 0.837 bits per heavy atom. The monoisotopic (exact) mass is 639 g/mol. The summed E-state index contributed by atoms with van der Waals surface area (Å²) in [6.07, 6.45) is 2.76. The lowest BCUT2D eigenvalue weighted by Crippen LogP contribution is -2.36. The standard InChI is InChI=1S/C27H37F4N3O8S/c28-17-15-18(29)24(31)26(23(17)30)42-22(36)5-7-38-9-11-40-13-14-41-12-10-39-8-6-32-21(35)4-2-1-3-20-25-19(16-43-20)33-27(37)34-25/h15,19-20,25H,1-14,16H2,(H,32,35)(H2,33,34,37)/t19-,20-,25+/m0/s1. The maximum absolute atomic E-state index is 13.5. The maximum atomic E-state index is 13.5. The number of nitrogens with one attached hydrogen (secondary N) is 3. The highest BCUT2D eigenvalue weighted by molar-refractivity contribution is 8.00. The Bertz CT molecular complexity index is 1050.